The minimum atomic E-state index is -0.698. The zero-order chi connectivity index (χ0) is 6.62. The Morgan fingerprint density at radius 1 is 1.38 bits per heavy atom. The Kier molecular flexibility index (Phi) is 4.23. The molecule has 0 spiro atoms. The number of hydrogen-bond acceptors (Lipinski definition) is 0. The molecule has 0 N–H and O–H groups in total. The van der Waals surface area contributed by atoms with E-state index in [1.165, 1.54) is 0 Å². The summed E-state index contributed by atoms with van der Waals surface area (Å²) in [6, 6.07) is 0. The van der Waals surface area contributed by atoms with E-state index in [0.29, 0.717) is 5.88 Å². The minimum Gasteiger partial charge on any atom is -0.123 e. The Bertz CT molecular complexity index is 60.7. The van der Waals surface area contributed by atoms with Gasteiger partial charge in [-0.05, 0) is 6.42 Å². The van der Waals surface area contributed by atoms with Gasteiger partial charge < -0.3 is 0 Å². The van der Waals surface area contributed by atoms with Crippen molar-refractivity contribution in [3.8, 4) is 0 Å². The first-order valence-corrected chi connectivity index (χ1v) is 3.85. The van der Waals surface area contributed by atoms with Gasteiger partial charge in [-0.3, -0.25) is 0 Å². The zero-order valence-electron chi connectivity index (χ0n) is 4.76. The van der Waals surface area contributed by atoms with Gasteiger partial charge in [-0.1, -0.05) is 13.3 Å². The van der Waals surface area contributed by atoms with Crippen molar-refractivity contribution in [1.29, 1.82) is 0 Å². The Labute approximate surface area is 65.1 Å². The molecule has 8 heavy (non-hydrogen) atoms. The highest BCUT2D eigenvalue weighted by molar-refractivity contribution is 6.51. The summed E-state index contributed by atoms with van der Waals surface area (Å²) in [5, 5.41) is 0. The van der Waals surface area contributed by atoms with Gasteiger partial charge >= 0.3 is 0 Å². The molecule has 0 atom stereocenters. The van der Waals surface area contributed by atoms with Gasteiger partial charge in [0.05, 0.1) is 5.88 Å². The standard InChI is InChI=1S/C5H9Cl3/c1-2-3-5(7,8)4-6/h2-4H2,1H3. The van der Waals surface area contributed by atoms with Gasteiger partial charge in [0.2, 0.25) is 0 Å². The highest BCUT2D eigenvalue weighted by atomic mass is 35.5. The lowest BCUT2D eigenvalue weighted by molar-refractivity contribution is 0.733. The topological polar surface area (TPSA) is 0 Å². The molecular weight excluding hydrogens is 166 g/mol. The second-order valence-electron chi connectivity index (χ2n) is 1.74. The number of alkyl halides is 3. The van der Waals surface area contributed by atoms with Crippen LogP contribution in [0.5, 0.6) is 0 Å². The summed E-state index contributed by atoms with van der Waals surface area (Å²) in [7, 11) is 0. The molecular formula is C5H9Cl3. The molecule has 0 heterocycles. The van der Waals surface area contributed by atoms with Gasteiger partial charge in [0.15, 0.2) is 0 Å². The molecule has 0 saturated heterocycles. The van der Waals surface area contributed by atoms with E-state index in [-0.39, 0.29) is 0 Å². The lowest BCUT2D eigenvalue weighted by Crippen LogP contribution is -2.13. The van der Waals surface area contributed by atoms with E-state index in [1.54, 1.807) is 0 Å². The molecule has 3 heteroatoms. The van der Waals surface area contributed by atoms with E-state index >= 15 is 0 Å². The van der Waals surface area contributed by atoms with Crippen LogP contribution in [-0.2, 0) is 0 Å². The number of rotatable bonds is 3. The van der Waals surface area contributed by atoms with E-state index in [0.717, 1.165) is 12.8 Å². The Balaban J connectivity index is 3.37. The maximum absolute atomic E-state index is 5.65. The molecule has 0 aromatic carbocycles. The quantitative estimate of drug-likeness (QED) is 0.578. The van der Waals surface area contributed by atoms with Gasteiger partial charge in [-0.25, -0.2) is 0 Å². The molecule has 0 aliphatic carbocycles. The number of hydrogen-bond donors (Lipinski definition) is 0. The highest BCUT2D eigenvalue weighted by Gasteiger charge is 2.20. The van der Waals surface area contributed by atoms with Crippen LogP contribution in [0.2, 0.25) is 0 Å². The summed E-state index contributed by atoms with van der Waals surface area (Å²) in [6.07, 6.45) is 1.74. The van der Waals surface area contributed by atoms with Crippen LogP contribution >= 0.6 is 34.8 Å². The van der Waals surface area contributed by atoms with Gasteiger partial charge in [0.25, 0.3) is 0 Å². The van der Waals surface area contributed by atoms with Crippen molar-refractivity contribution in [3.63, 3.8) is 0 Å². The summed E-state index contributed by atoms with van der Waals surface area (Å²) in [4.78, 5) is 0. The molecule has 0 nitrogen and oxygen atoms in total. The fraction of sp³-hybridized carbons (Fsp3) is 1.00. The zero-order valence-corrected chi connectivity index (χ0v) is 7.02. The molecule has 0 aromatic rings. The van der Waals surface area contributed by atoms with Gasteiger partial charge in [0.1, 0.15) is 4.33 Å². The third-order valence-electron chi connectivity index (χ3n) is 0.811. The SMILES string of the molecule is CCCC(Cl)(Cl)CCl. The number of halogens is 3. The second kappa shape index (κ2) is 3.81. The average molecular weight is 175 g/mol. The predicted molar refractivity (Wildman–Crippen MR) is 40.1 cm³/mol. The predicted octanol–water partition coefficient (Wildman–Crippen LogP) is 3.20. The Morgan fingerprint density at radius 2 is 1.88 bits per heavy atom. The van der Waals surface area contributed by atoms with Crippen LogP contribution in [0.25, 0.3) is 0 Å². The maximum atomic E-state index is 5.65. The van der Waals surface area contributed by atoms with Crippen LogP contribution in [0.3, 0.4) is 0 Å². The van der Waals surface area contributed by atoms with E-state index in [4.69, 9.17) is 34.8 Å². The van der Waals surface area contributed by atoms with Crippen LogP contribution in [-0.4, -0.2) is 10.2 Å². The largest absolute Gasteiger partial charge is 0.131 e. The smallest absolute Gasteiger partial charge is 0.123 e. The summed E-state index contributed by atoms with van der Waals surface area (Å²) >= 11 is 16.7. The van der Waals surface area contributed by atoms with Crippen molar-refractivity contribution in [2.24, 2.45) is 0 Å². The van der Waals surface area contributed by atoms with Crippen molar-refractivity contribution >= 4 is 34.8 Å². The molecule has 50 valence electrons. The minimum absolute atomic E-state index is 0.309. The molecule has 0 amide bonds. The molecule has 0 saturated carbocycles. The van der Waals surface area contributed by atoms with E-state index in [9.17, 15) is 0 Å². The van der Waals surface area contributed by atoms with Crippen LogP contribution in [0, 0.1) is 0 Å². The summed E-state index contributed by atoms with van der Waals surface area (Å²) in [5.41, 5.74) is 0. The van der Waals surface area contributed by atoms with Gasteiger partial charge in [0, 0.05) is 0 Å². The first-order valence-electron chi connectivity index (χ1n) is 2.56. The lowest BCUT2D eigenvalue weighted by atomic mass is 10.3. The molecule has 0 radical (unpaired) electrons. The molecule has 0 aliphatic rings. The monoisotopic (exact) mass is 174 g/mol. The Morgan fingerprint density at radius 3 is 2.00 bits per heavy atom. The maximum Gasteiger partial charge on any atom is 0.131 e. The third-order valence-corrected chi connectivity index (χ3v) is 2.19. The molecule has 0 fully saturated rings. The van der Waals surface area contributed by atoms with Gasteiger partial charge in [-0.15, -0.1) is 34.8 Å². The molecule has 0 aliphatic heterocycles. The first kappa shape index (κ1) is 8.87. The molecule has 0 unspecified atom stereocenters. The molecule has 0 aromatic heterocycles. The Hall–Kier alpha value is 0.870. The van der Waals surface area contributed by atoms with Crippen LogP contribution < -0.4 is 0 Å². The van der Waals surface area contributed by atoms with E-state index < -0.39 is 4.33 Å². The summed E-state index contributed by atoms with van der Waals surface area (Å²) < 4.78 is -0.698. The van der Waals surface area contributed by atoms with Crippen LogP contribution in [0.15, 0.2) is 0 Å². The lowest BCUT2D eigenvalue weighted by Gasteiger charge is -2.13. The van der Waals surface area contributed by atoms with Crippen LogP contribution in [0.4, 0.5) is 0 Å². The van der Waals surface area contributed by atoms with E-state index in [2.05, 4.69) is 0 Å². The van der Waals surface area contributed by atoms with E-state index in [1.807, 2.05) is 6.92 Å². The van der Waals surface area contributed by atoms with Crippen LogP contribution in [0.1, 0.15) is 19.8 Å². The summed E-state index contributed by atoms with van der Waals surface area (Å²) in [5.74, 6) is 0.309. The van der Waals surface area contributed by atoms with Crippen molar-refractivity contribution in [2.45, 2.75) is 24.1 Å². The first-order chi connectivity index (χ1) is 3.62. The third kappa shape index (κ3) is 3.82. The van der Waals surface area contributed by atoms with Gasteiger partial charge in [-0.2, -0.15) is 0 Å². The van der Waals surface area contributed by atoms with Crippen molar-refractivity contribution < 1.29 is 0 Å². The highest BCUT2D eigenvalue weighted by Crippen LogP contribution is 2.27. The van der Waals surface area contributed by atoms with Crippen molar-refractivity contribution in [3.05, 3.63) is 0 Å². The second-order valence-corrected chi connectivity index (χ2v) is 3.65. The molecule has 0 rings (SSSR count). The summed E-state index contributed by atoms with van der Waals surface area (Å²) in [6.45, 7) is 2.02. The fourth-order valence-corrected chi connectivity index (χ4v) is 0.944. The average Bonchev–Trinajstić information content (AvgIpc) is 1.67. The molecule has 0 bridgehead atoms. The normalized spacial score (nSPS) is 12.0. The fourth-order valence-electron chi connectivity index (χ4n) is 0.433. The van der Waals surface area contributed by atoms with Crippen molar-refractivity contribution in [1.82, 2.24) is 0 Å². The van der Waals surface area contributed by atoms with Crippen molar-refractivity contribution in [2.75, 3.05) is 5.88 Å².